The van der Waals surface area contributed by atoms with Gasteiger partial charge in [0.1, 0.15) is 5.75 Å². The number of methoxy groups -OCH3 is 1. The molecular weight excluding hydrogens is 220 g/mol. The first-order chi connectivity index (χ1) is 7.80. The van der Waals surface area contributed by atoms with Gasteiger partial charge in [-0.25, -0.2) is 0 Å². The van der Waals surface area contributed by atoms with E-state index in [9.17, 15) is 0 Å². The van der Waals surface area contributed by atoms with Gasteiger partial charge in [0.2, 0.25) is 0 Å². The van der Waals surface area contributed by atoms with Crippen LogP contribution in [0.15, 0.2) is 24.3 Å². The number of aryl methyl sites for hydroxylation is 1. The molecule has 0 saturated heterocycles. The molecule has 0 saturated carbocycles. The van der Waals surface area contributed by atoms with Gasteiger partial charge in [-0.05, 0) is 36.8 Å². The molecular formula is C12H20N2OS. The molecule has 4 heteroatoms. The summed E-state index contributed by atoms with van der Waals surface area (Å²) in [6.07, 6.45) is 4.20. The summed E-state index contributed by atoms with van der Waals surface area (Å²) in [5, 5.41) is 0. The van der Waals surface area contributed by atoms with Crippen molar-refractivity contribution in [3.05, 3.63) is 29.8 Å². The van der Waals surface area contributed by atoms with Crippen molar-refractivity contribution in [2.45, 2.75) is 18.9 Å². The molecule has 3 nitrogen and oxygen atoms in total. The Morgan fingerprint density at radius 1 is 1.38 bits per heavy atom. The monoisotopic (exact) mass is 240 g/mol. The Bertz CT molecular complexity index is 290. The quantitative estimate of drug-likeness (QED) is 0.564. The van der Waals surface area contributed by atoms with Crippen molar-refractivity contribution in [1.29, 1.82) is 0 Å². The van der Waals surface area contributed by atoms with Gasteiger partial charge in [-0.2, -0.15) is 11.8 Å². The van der Waals surface area contributed by atoms with E-state index in [4.69, 9.17) is 10.6 Å². The van der Waals surface area contributed by atoms with Gasteiger partial charge in [0.15, 0.2) is 0 Å². The SMILES string of the molecule is COc1ccc(CCC(CSC)NN)cc1. The van der Waals surface area contributed by atoms with E-state index in [0.717, 1.165) is 24.3 Å². The van der Waals surface area contributed by atoms with Gasteiger partial charge in [0.05, 0.1) is 7.11 Å². The van der Waals surface area contributed by atoms with Crippen molar-refractivity contribution in [3.8, 4) is 5.75 Å². The standard InChI is InChI=1S/C12H20N2OS/c1-15-12-7-4-10(5-8-12)3-6-11(14-13)9-16-2/h4-5,7-8,11,14H,3,6,9,13H2,1-2H3. The summed E-state index contributed by atoms with van der Waals surface area (Å²) in [4.78, 5) is 0. The van der Waals surface area contributed by atoms with Crippen LogP contribution in [0.3, 0.4) is 0 Å². The van der Waals surface area contributed by atoms with Crippen LogP contribution in [0.5, 0.6) is 5.75 Å². The largest absolute Gasteiger partial charge is 0.497 e. The van der Waals surface area contributed by atoms with Crippen LogP contribution in [0.4, 0.5) is 0 Å². The number of hydrogen-bond acceptors (Lipinski definition) is 4. The predicted octanol–water partition coefficient (Wildman–Crippen LogP) is 1.82. The fraction of sp³-hybridized carbons (Fsp3) is 0.500. The first-order valence-corrected chi connectivity index (χ1v) is 6.77. The van der Waals surface area contributed by atoms with Gasteiger partial charge in [0, 0.05) is 11.8 Å². The topological polar surface area (TPSA) is 47.3 Å². The maximum atomic E-state index is 5.49. The summed E-state index contributed by atoms with van der Waals surface area (Å²) < 4.78 is 5.12. The fourth-order valence-electron chi connectivity index (χ4n) is 1.55. The maximum absolute atomic E-state index is 5.49. The molecule has 1 aromatic carbocycles. The number of nitrogens with two attached hydrogens (primary N) is 1. The Labute approximate surface area is 102 Å². The van der Waals surface area contributed by atoms with Gasteiger partial charge >= 0.3 is 0 Å². The first kappa shape index (κ1) is 13.4. The molecule has 0 aromatic heterocycles. The van der Waals surface area contributed by atoms with Gasteiger partial charge in [0.25, 0.3) is 0 Å². The molecule has 0 aliphatic rings. The van der Waals surface area contributed by atoms with Crippen molar-refractivity contribution in [1.82, 2.24) is 5.43 Å². The summed E-state index contributed by atoms with van der Waals surface area (Å²) in [5.41, 5.74) is 4.17. The van der Waals surface area contributed by atoms with Crippen LogP contribution in [0.25, 0.3) is 0 Å². The van der Waals surface area contributed by atoms with E-state index in [1.54, 1.807) is 7.11 Å². The molecule has 0 fully saturated rings. The van der Waals surface area contributed by atoms with Gasteiger partial charge in [-0.15, -0.1) is 0 Å². The molecule has 16 heavy (non-hydrogen) atoms. The lowest BCUT2D eigenvalue weighted by Gasteiger charge is -2.14. The second-order valence-electron chi connectivity index (χ2n) is 3.71. The van der Waals surface area contributed by atoms with E-state index in [0.29, 0.717) is 6.04 Å². The molecule has 3 N–H and O–H groups in total. The summed E-state index contributed by atoms with van der Waals surface area (Å²) in [6.45, 7) is 0. The zero-order valence-corrected chi connectivity index (χ0v) is 10.7. The van der Waals surface area contributed by atoms with Crippen LogP contribution in [0.2, 0.25) is 0 Å². The highest BCUT2D eigenvalue weighted by atomic mass is 32.2. The van der Waals surface area contributed by atoms with E-state index in [2.05, 4.69) is 23.8 Å². The molecule has 1 unspecified atom stereocenters. The van der Waals surface area contributed by atoms with E-state index < -0.39 is 0 Å². The number of benzene rings is 1. The number of hydrazine groups is 1. The van der Waals surface area contributed by atoms with E-state index in [1.165, 1.54) is 5.56 Å². The lowest BCUT2D eigenvalue weighted by molar-refractivity contribution is 0.414. The minimum atomic E-state index is 0.386. The van der Waals surface area contributed by atoms with E-state index in [1.807, 2.05) is 23.9 Å². The number of thioether (sulfide) groups is 1. The molecule has 0 aliphatic heterocycles. The van der Waals surface area contributed by atoms with Crippen molar-refractivity contribution in [2.24, 2.45) is 5.84 Å². The van der Waals surface area contributed by atoms with E-state index in [-0.39, 0.29) is 0 Å². The van der Waals surface area contributed by atoms with Crippen LogP contribution >= 0.6 is 11.8 Å². The van der Waals surface area contributed by atoms with Crippen molar-refractivity contribution < 1.29 is 4.74 Å². The maximum Gasteiger partial charge on any atom is 0.118 e. The minimum absolute atomic E-state index is 0.386. The minimum Gasteiger partial charge on any atom is -0.497 e. The zero-order valence-electron chi connectivity index (χ0n) is 9.90. The average Bonchev–Trinajstić information content (AvgIpc) is 2.35. The van der Waals surface area contributed by atoms with Crippen molar-refractivity contribution >= 4 is 11.8 Å². The lowest BCUT2D eigenvalue weighted by Crippen LogP contribution is -2.37. The fourth-order valence-corrected chi connectivity index (χ4v) is 2.21. The number of hydrogen-bond donors (Lipinski definition) is 2. The molecule has 1 rings (SSSR count). The normalized spacial score (nSPS) is 12.4. The van der Waals surface area contributed by atoms with Crippen LogP contribution < -0.4 is 16.0 Å². The summed E-state index contributed by atoms with van der Waals surface area (Å²) in [7, 11) is 1.68. The van der Waals surface area contributed by atoms with Gasteiger partial charge in [-0.3, -0.25) is 11.3 Å². The van der Waals surface area contributed by atoms with Crippen molar-refractivity contribution in [3.63, 3.8) is 0 Å². The summed E-state index contributed by atoms with van der Waals surface area (Å²) in [6, 6.07) is 8.58. The molecule has 1 atom stereocenters. The first-order valence-electron chi connectivity index (χ1n) is 5.38. The Morgan fingerprint density at radius 2 is 2.06 bits per heavy atom. The molecule has 0 radical (unpaired) electrons. The van der Waals surface area contributed by atoms with Crippen LogP contribution in [0.1, 0.15) is 12.0 Å². The lowest BCUT2D eigenvalue weighted by atomic mass is 10.1. The van der Waals surface area contributed by atoms with Crippen LogP contribution in [0, 0.1) is 0 Å². The highest BCUT2D eigenvalue weighted by Gasteiger charge is 2.05. The molecule has 0 spiro atoms. The second-order valence-corrected chi connectivity index (χ2v) is 4.62. The third kappa shape index (κ3) is 4.43. The third-order valence-corrected chi connectivity index (χ3v) is 3.28. The smallest absolute Gasteiger partial charge is 0.118 e. The highest BCUT2D eigenvalue weighted by molar-refractivity contribution is 7.98. The molecule has 0 bridgehead atoms. The Balaban J connectivity index is 2.40. The van der Waals surface area contributed by atoms with Crippen LogP contribution in [-0.4, -0.2) is 25.2 Å². The van der Waals surface area contributed by atoms with E-state index >= 15 is 0 Å². The Hall–Kier alpha value is -0.710. The second kappa shape index (κ2) is 7.54. The summed E-state index contributed by atoms with van der Waals surface area (Å²) >= 11 is 1.81. The summed E-state index contributed by atoms with van der Waals surface area (Å²) in [5.74, 6) is 7.44. The van der Waals surface area contributed by atoms with Gasteiger partial charge < -0.3 is 4.74 Å². The average molecular weight is 240 g/mol. The molecule has 0 amide bonds. The number of rotatable bonds is 7. The van der Waals surface area contributed by atoms with Crippen LogP contribution in [-0.2, 0) is 6.42 Å². The van der Waals surface area contributed by atoms with Crippen molar-refractivity contribution in [2.75, 3.05) is 19.1 Å². The molecule has 0 heterocycles. The Morgan fingerprint density at radius 3 is 2.56 bits per heavy atom. The molecule has 0 aliphatic carbocycles. The highest BCUT2D eigenvalue weighted by Crippen LogP contribution is 2.13. The third-order valence-electron chi connectivity index (χ3n) is 2.54. The van der Waals surface area contributed by atoms with Gasteiger partial charge in [-0.1, -0.05) is 12.1 Å². The predicted molar refractivity (Wildman–Crippen MR) is 70.8 cm³/mol. The molecule has 1 aromatic rings. The zero-order chi connectivity index (χ0) is 11.8. The molecule has 90 valence electrons. The number of ether oxygens (including phenoxy) is 1. The Kier molecular flexibility index (Phi) is 6.30. The number of nitrogens with one attached hydrogen (secondary N) is 1.